The zero-order valence-corrected chi connectivity index (χ0v) is 12.4. The Morgan fingerprint density at radius 1 is 1.40 bits per heavy atom. The molecular weight excluding hydrogens is 278 g/mol. The van der Waals surface area contributed by atoms with Gasteiger partial charge in [-0.15, -0.1) is 0 Å². The van der Waals surface area contributed by atoms with E-state index in [0.717, 1.165) is 18.6 Å². The highest BCUT2D eigenvalue weighted by molar-refractivity contribution is 7.80. The van der Waals surface area contributed by atoms with Gasteiger partial charge in [-0.25, -0.2) is 0 Å². The van der Waals surface area contributed by atoms with Gasteiger partial charge in [0.05, 0.1) is 18.6 Å². The highest BCUT2D eigenvalue weighted by Gasteiger charge is 2.34. The highest BCUT2D eigenvalue weighted by atomic mass is 32.1. The summed E-state index contributed by atoms with van der Waals surface area (Å²) < 4.78 is 10.8. The number of nitro benzene ring substituents is 1. The molecule has 0 aliphatic heterocycles. The molecule has 0 amide bonds. The Morgan fingerprint density at radius 2 is 2.10 bits per heavy atom. The third-order valence-electron chi connectivity index (χ3n) is 3.90. The minimum Gasteiger partial charge on any atom is -0.497 e. The van der Waals surface area contributed by atoms with E-state index in [0.29, 0.717) is 12.4 Å². The van der Waals surface area contributed by atoms with Crippen LogP contribution in [0.4, 0.5) is 5.69 Å². The van der Waals surface area contributed by atoms with E-state index < -0.39 is 4.92 Å². The van der Waals surface area contributed by atoms with Crippen LogP contribution in [-0.4, -0.2) is 24.4 Å². The third-order valence-corrected chi connectivity index (χ3v) is 4.57. The van der Waals surface area contributed by atoms with Crippen molar-refractivity contribution in [2.24, 2.45) is 5.41 Å². The molecule has 0 spiro atoms. The molecular formula is C14H19NO4S. The molecule has 0 saturated heterocycles. The van der Waals surface area contributed by atoms with Gasteiger partial charge >= 0.3 is 5.69 Å². The molecule has 110 valence electrons. The third kappa shape index (κ3) is 3.17. The van der Waals surface area contributed by atoms with Crippen LogP contribution in [0.25, 0.3) is 0 Å². The van der Waals surface area contributed by atoms with Crippen LogP contribution in [0.15, 0.2) is 18.2 Å². The minimum atomic E-state index is -0.434. The van der Waals surface area contributed by atoms with Crippen molar-refractivity contribution in [3.63, 3.8) is 0 Å². The summed E-state index contributed by atoms with van der Waals surface area (Å²) in [7, 11) is 1.52. The van der Waals surface area contributed by atoms with Gasteiger partial charge in [0.15, 0.2) is 0 Å². The fraction of sp³-hybridized carbons (Fsp3) is 0.571. The number of rotatable bonds is 6. The fourth-order valence-corrected chi connectivity index (χ4v) is 3.00. The zero-order chi connectivity index (χ0) is 14.6. The number of ether oxygens (including phenoxy) is 2. The SMILES string of the molecule is COc1ccc([N+](=O)[O-])c(OCC2(CS)CCCC2)c1. The topological polar surface area (TPSA) is 61.6 Å². The summed E-state index contributed by atoms with van der Waals surface area (Å²) in [6.07, 6.45) is 4.47. The number of hydrogen-bond donors (Lipinski definition) is 1. The van der Waals surface area contributed by atoms with Crippen LogP contribution in [-0.2, 0) is 0 Å². The molecule has 1 aromatic carbocycles. The molecule has 0 radical (unpaired) electrons. The van der Waals surface area contributed by atoms with E-state index in [1.165, 1.54) is 26.0 Å². The lowest BCUT2D eigenvalue weighted by atomic mass is 9.90. The lowest BCUT2D eigenvalue weighted by molar-refractivity contribution is -0.386. The fourth-order valence-electron chi connectivity index (χ4n) is 2.59. The van der Waals surface area contributed by atoms with Gasteiger partial charge in [0, 0.05) is 17.5 Å². The van der Waals surface area contributed by atoms with E-state index in [1.54, 1.807) is 12.1 Å². The average molecular weight is 297 g/mol. The van der Waals surface area contributed by atoms with Gasteiger partial charge in [0.25, 0.3) is 0 Å². The number of nitrogens with zero attached hydrogens (tertiary/aromatic N) is 1. The number of hydrogen-bond acceptors (Lipinski definition) is 5. The quantitative estimate of drug-likeness (QED) is 0.496. The number of methoxy groups -OCH3 is 1. The van der Waals surface area contributed by atoms with Crippen molar-refractivity contribution in [2.45, 2.75) is 25.7 Å². The maximum Gasteiger partial charge on any atom is 0.311 e. The minimum absolute atomic E-state index is 0.0295. The summed E-state index contributed by atoms with van der Waals surface area (Å²) in [5, 5.41) is 11.0. The van der Waals surface area contributed by atoms with Crippen molar-refractivity contribution in [1.82, 2.24) is 0 Å². The van der Waals surface area contributed by atoms with Gasteiger partial charge in [-0.2, -0.15) is 12.6 Å². The molecule has 0 N–H and O–H groups in total. The Morgan fingerprint density at radius 3 is 2.65 bits per heavy atom. The molecule has 0 aromatic heterocycles. The summed E-state index contributed by atoms with van der Waals surface area (Å²) in [4.78, 5) is 10.6. The van der Waals surface area contributed by atoms with Crippen LogP contribution in [0, 0.1) is 15.5 Å². The highest BCUT2D eigenvalue weighted by Crippen LogP contribution is 2.40. The van der Waals surface area contributed by atoms with E-state index in [4.69, 9.17) is 9.47 Å². The van der Waals surface area contributed by atoms with E-state index in [2.05, 4.69) is 12.6 Å². The van der Waals surface area contributed by atoms with E-state index in [9.17, 15) is 10.1 Å². The first-order valence-electron chi connectivity index (χ1n) is 6.66. The predicted molar refractivity (Wildman–Crippen MR) is 79.9 cm³/mol. The number of thiol groups is 1. The first-order valence-corrected chi connectivity index (χ1v) is 7.29. The maximum absolute atomic E-state index is 11.0. The Hall–Kier alpha value is -1.43. The van der Waals surface area contributed by atoms with Crippen LogP contribution in [0.1, 0.15) is 25.7 Å². The van der Waals surface area contributed by atoms with Crippen LogP contribution in [0.3, 0.4) is 0 Å². The molecule has 5 nitrogen and oxygen atoms in total. The van der Waals surface area contributed by atoms with Crippen molar-refractivity contribution in [3.05, 3.63) is 28.3 Å². The monoisotopic (exact) mass is 297 g/mol. The second-order valence-corrected chi connectivity index (χ2v) is 5.56. The van der Waals surface area contributed by atoms with Crippen LogP contribution in [0.5, 0.6) is 11.5 Å². The molecule has 1 fully saturated rings. The molecule has 0 unspecified atom stereocenters. The molecule has 1 aliphatic carbocycles. The Labute approximate surface area is 123 Å². The summed E-state index contributed by atoms with van der Waals surface area (Å²) in [6, 6.07) is 4.55. The molecule has 2 rings (SSSR count). The first-order chi connectivity index (χ1) is 9.60. The molecule has 1 aliphatic rings. The number of nitro groups is 1. The van der Waals surface area contributed by atoms with Crippen molar-refractivity contribution in [1.29, 1.82) is 0 Å². The second-order valence-electron chi connectivity index (χ2n) is 5.24. The van der Waals surface area contributed by atoms with Crippen LogP contribution in [0.2, 0.25) is 0 Å². The van der Waals surface area contributed by atoms with Gasteiger partial charge in [-0.05, 0) is 24.7 Å². The van der Waals surface area contributed by atoms with Crippen LogP contribution < -0.4 is 9.47 Å². The Kier molecular flexibility index (Phi) is 4.75. The molecule has 0 bridgehead atoms. The van der Waals surface area contributed by atoms with E-state index in [-0.39, 0.29) is 16.9 Å². The average Bonchev–Trinajstić information content (AvgIpc) is 2.94. The second kappa shape index (κ2) is 6.35. The molecule has 1 saturated carbocycles. The van der Waals surface area contributed by atoms with Crippen molar-refractivity contribution < 1.29 is 14.4 Å². The molecule has 6 heteroatoms. The Bertz CT molecular complexity index is 486. The van der Waals surface area contributed by atoms with Crippen LogP contribution >= 0.6 is 12.6 Å². The van der Waals surface area contributed by atoms with Crippen molar-refractivity contribution in [2.75, 3.05) is 19.5 Å². The molecule has 20 heavy (non-hydrogen) atoms. The first kappa shape index (κ1) is 15.0. The van der Waals surface area contributed by atoms with E-state index >= 15 is 0 Å². The molecule has 1 aromatic rings. The molecule has 0 atom stereocenters. The number of benzene rings is 1. The lowest BCUT2D eigenvalue weighted by Crippen LogP contribution is -2.27. The lowest BCUT2D eigenvalue weighted by Gasteiger charge is -2.26. The van der Waals surface area contributed by atoms with Gasteiger partial charge < -0.3 is 9.47 Å². The smallest absolute Gasteiger partial charge is 0.311 e. The van der Waals surface area contributed by atoms with Gasteiger partial charge in [-0.1, -0.05) is 12.8 Å². The van der Waals surface area contributed by atoms with Gasteiger partial charge in [0.2, 0.25) is 5.75 Å². The van der Waals surface area contributed by atoms with Crippen molar-refractivity contribution in [3.8, 4) is 11.5 Å². The predicted octanol–water partition coefficient (Wildman–Crippen LogP) is 3.47. The van der Waals surface area contributed by atoms with E-state index in [1.807, 2.05) is 0 Å². The summed E-state index contributed by atoms with van der Waals surface area (Å²) in [6.45, 7) is 0.463. The maximum atomic E-state index is 11.0. The normalized spacial score (nSPS) is 16.9. The largest absolute Gasteiger partial charge is 0.497 e. The Balaban J connectivity index is 2.16. The zero-order valence-electron chi connectivity index (χ0n) is 11.5. The van der Waals surface area contributed by atoms with Gasteiger partial charge in [0.1, 0.15) is 5.75 Å². The van der Waals surface area contributed by atoms with Gasteiger partial charge in [-0.3, -0.25) is 10.1 Å². The van der Waals surface area contributed by atoms with Crippen molar-refractivity contribution >= 4 is 18.3 Å². The molecule has 0 heterocycles. The summed E-state index contributed by atoms with van der Waals surface area (Å²) in [5.74, 6) is 1.56. The standard InChI is InChI=1S/C14H19NO4S/c1-18-11-4-5-12(15(16)17)13(8-11)19-9-14(10-20)6-2-3-7-14/h4-5,8,20H,2-3,6-7,9-10H2,1H3. The summed E-state index contributed by atoms with van der Waals surface area (Å²) in [5.41, 5.74) is 0.0122. The summed E-state index contributed by atoms with van der Waals surface area (Å²) >= 11 is 4.41.